The Hall–Kier alpha value is -4.88. The van der Waals surface area contributed by atoms with Crippen molar-refractivity contribution in [2.75, 3.05) is 30.0 Å². The Labute approximate surface area is 312 Å². The highest BCUT2D eigenvalue weighted by Crippen LogP contribution is 2.43. The summed E-state index contributed by atoms with van der Waals surface area (Å²) in [6, 6.07) is 36.5. The lowest BCUT2D eigenvalue weighted by Gasteiger charge is -2.45. The number of primary amides is 1. The molecule has 5 aromatic carbocycles. The zero-order chi connectivity index (χ0) is 38.2. The van der Waals surface area contributed by atoms with Crippen molar-refractivity contribution in [3.05, 3.63) is 162 Å². The number of amides is 1. The molecule has 0 saturated carbocycles. The SMILES string of the molecule is CN(CCCCl)[C@@H](OC(c1ccccc1)(c1ccccc1)c1ccccc1)C(C(N)=O)N(c1ccc(Oc2ccc(C(F)(F)F)cc2)cc1)S(C)(=O)=O. The smallest absolute Gasteiger partial charge is 0.416 e. The second-order valence-corrected chi connectivity index (χ2v) is 14.6. The van der Waals surface area contributed by atoms with Crippen molar-refractivity contribution in [2.45, 2.75) is 30.5 Å². The predicted octanol–water partition coefficient (Wildman–Crippen LogP) is 8.01. The number of hydrogen-bond donors (Lipinski definition) is 1. The molecular weight excluding hydrogens is 727 g/mol. The number of sulfonamides is 1. The van der Waals surface area contributed by atoms with Crippen LogP contribution in [0.4, 0.5) is 18.9 Å². The molecule has 5 aromatic rings. The van der Waals surface area contributed by atoms with Gasteiger partial charge >= 0.3 is 6.18 Å². The van der Waals surface area contributed by atoms with Gasteiger partial charge in [-0.1, -0.05) is 91.0 Å². The Morgan fingerprint density at radius 3 is 1.55 bits per heavy atom. The summed E-state index contributed by atoms with van der Waals surface area (Å²) in [7, 11) is -2.54. The Balaban J connectivity index is 1.64. The molecule has 0 aliphatic carbocycles. The summed E-state index contributed by atoms with van der Waals surface area (Å²) in [4.78, 5) is 15.5. The van der Waals surface area contributed by atoms with E-state index >= 15 is 0 Å². The van der Waals surface area contributed by atoms with E-state index in [1.807, 2.05) is 91.0 Å². The van der Waals surface area contributed by atoms with Gasteiger partial charge in [-0.15, -0.1) is 11.6 Å². The molecule has 13 heteroatoms. The molecule has 1 amide bonds. The van der Waals surface area contributed by atoms with Gasteiger partial charge in [0.15, 0.2) is 6.04 Å². The largest absolute Gasteiger partial charge is 0.457 e. The van der Waals surface area contributed by atoms with Crippen molar-refractivity contribution in [1.29, 1.82) is 0 Å². The van der Waals surface area contributed by atoms with Gasteiger partial charge in [-0.3, -0.25) is 14.0 Å². The average Bonchev–Trinajstić information content (AvgIpc) is 3.14. The summed E-state index contributed by atoms with van der Waals surface area (Å²) in [6.07, 6.45) is -4.36. The number of hydrogen-bond acceptors (Lipinski definition) is 6. The van der Waals surface area contributed by atoms with Crippen LogP contribution in [0.25, 0.3) is 0 Å². The third-order valence-electron chi connectivity index (χ3n) is 8.60. The third kappa shape index (κ3) is 9.20. The minimum absolute atomic E-state index is 0.0696. The van der Waals surface area contributed by atoms with E-state index in [0.29, 0.717) is 29.7 Å². The van der Waals surface area contributed by atoms with Gasteiger partial charge in [0.25, 0.3) is 0 Å². The van der Waals surface area contributed by atoms with Crippen LogP contribution >= 0.6 is 11.6 Å². The van der Waals surface area contributed by atoms with Crippen LogP contribution in [-0.4, -0.2) is 57.2 Å². The van der Waals surface area contributed by atoms with Crippen LogP contribution < -0.4 is 14.8 Å². The van der Waals surface area contributed by atoms with Crippen LogP contribution in [0.2, 0.25) is 0 Å². The van der Waals surface area contributed by atoms with Crippen LogP contribution in [0.1, 0.15) is 28.7 Å². The first-order valence-corrected chi connectivity index (χ1v) is 19.0. The van der Waals surface area contributed by atoms with Gasteiger partial charge in [-0.25, -0.2) is 8.42 Å². The molecule has 2 N–H and O–H groups in total. The number of nitrogens with two attached hydrogens (primary N) is 1. The lowest BCUT2D eigenvalue weighted by atomic mass is 9.80. The van der Waals surface area contributed by atoms with Gasteiger partial charge in [0.2, 0.25) is 15.9 Å². The average molecular weight is 766 g/mol. The molecule has 0 aromatic heterocycles. The van der Waals surface area contributed by atoms with E-state index in [-0.39, 0.29) is 23.1 Å². The number of carbonyl (C=O) groups excluding carboxylic acids is 1. The molecule has 53 heavy (non-hydrogen) atoms. The summed E-state index contributed by atoms with van der Waals surface area (Å²) >= 11 is 6.12. The lowest BCUT2D eigenvalue weighted by Crippen LogP contribution is -2.61. The van der Waals surface area contributed by atoms with Crippen molar-refractivity contribution in [2.24, 2.45) is 5.73 Å². The number of ether oxygens (including phenoxy) is 2. The predicted molar refractivity (Wildman–Crippen MR) is 200 cm³/mol. The monoisotopic (exact) mass is 765 g/mol. The maximum absolute atomic E-state index is 13.8. The first kappa shape index (κ1) is 39.3. The normalized spacial score (nSPS) is 13.3. The maximum atomic E-state index is 13.8. The number of alkyl halides is 4. The third-order valence-corrected chi connectivity index (χ3v) is 10.0. The van der Waals surface area contributed by atoms with Crippen LogP contribution in [0.5, 0.6) is 11.5 Å². The van der Waals surface area contributed by atoms with Crippen LogP contribution in [0.3, 0.4) is 0 Å². The number of anilines is 1. The van der Waals surface area contributed by atoms with Crippen LogP contribution in [-0.2, 0) is 31.3 Å². The van der Waals surface area contributed by atoms with Crippen molar-refractivity contribution < 1.29 is 35.9 Å². The van der Waals surface area contributed by atoms with E-state index < -0.39 is 45.5 Å². The van der Waals surface area contributed by atoms with Crippen LogP contribution in [0.15, 0.2) is 140 Å². The van der Waals surface area contributed by atoms with Crippen molar-refractivity contribution >= 4 is 33.2 Å². The number of carbonyl (C=O) groups is 1. The highest BCUT2D eigenvalue weighted by atomic mass is 35.5. The molecule has 0 fully saturated rings. The Bertz CT molecular complexity index is 1940. The molecule has 8 nitrogen and oxygen atoms in total. The fourth-order valence-corrected chi connectivity index (χ4v) is 7.42. The van der Waals surface area contributed by atoms with E-state index in [4.69, 9.17) is 26.8 Å². The van der Waals surface area contributed by atoms with E-state index in [0.717, 1.165) is 22.7 Å². The summed E-state index contributed by atoms with van der Waals surface area (Å²) in [5, 5.41) is 0. The zero-order valence-electron chi connectivity index (χ0n) is 29.0. The van der Waals surface area contributed by atoms with Crippen molar-refractivity contribution in [1.82, 2.24) is 4.90 Å². The molecule has 0 radical (unpaired) electrons. The second kappa shape index (κ2) is 16.9. The summed E-state index contributed by atoms with van der Waals surface area (Å²) < 4.78 is 80.7. The molecule has 0 saturated heterocycles. The Morgan fingerprint density at radius 1 is 0.736 bits per heavy atom. The first-order valence-electron chi connectivity index (χ1n) is 16.6. The molecule has 0 aliphatic rings. The molecule has 1 unspecified atom stereocenters. The quantitative estimate of drug-likeness (QED) is 0.0621. The number of rotatable bonds is 16. The maximum Gasteiger partial charge on any atom is 0.416 e. The molecule has 2 atom stereocenters. The molecule has 278 valence electrons. The second-order valence-electron chi connectivity index (χ2n) is 12.3. The number of nitrogens with zero attached hydrogens (tertiary/aromatic N) is 2. The summed E-state index contributed by atoms with van der Waals surface area (Å²) in [5.74, 6) is -0.350. The molecular formula is C40H39ClF3N3O5S. The van der Waals surface area contributed by atoms with Crippen molar-refractivity contribution in [3.8, 4) is 11.5 Å². The fourth-order valence-electron chi connectivity index (χ4n) is 6.18. The van der Waals surface area contributed by atoms with Gasteiger partial charge in [-0.05, 0) is 78.7 Å². The highest BCUT2D eigenvalue weighted by Gasteiger charge is 2.47. The van der Waals surface area contributed by atoms with E-state index in [2.05, 4.69) is 0 Å². The highest BCUT2D eigenvalue weighted by molar-refractivity contribution is 7.92. The zero-order valence-corrected chi connectivity index (χ0v) is 30.6. The Morgan fingerprint density at radius 2 is 1.17 bits per heavy atom. The fraction of sp³-hybridized carbons (Fsp3) is 0.225. The van der Waals surface area contributed by atoms with E-state index in [1.54, 1.807) is 11.9 Å². The first-order chi connectivity index (χ1) is 25.3. The van der Waals surface area contributed by atoms with Crippen LogP contribution in [0, 0.1) is 0 Å². The minimum atomic E-state index is -4.51. The summed E-state index contributed by atoms with van der Waals surface area (Å²) in [6.45, 7) is 0.309. The van der Waals surface area contributed by atoms with Gasteiger partial charge in [0.05, 0.1) is 17.5 Å². The van der Waals surface area contributed by atoms with Crippen molar-refractivity contribution in [3.63, 3.8) is 0 Å². The standard InChI is InChI=1S/C40H39ClF3N3O5S/c1-46(28-12-27-41)38(52-39(29-13-6-3-7-14-29,30-15-8-4-9-16-30)31-17-10-5-11-18-31)36(37(45)48)47(53(2,49)50)33-21-25-35(26-22-33)51-34-23-19-32(20-24-34)40(42,43)44/h3-11,13-26,36,38H,12,27-28H2,1-2H3,(H2,45,48)/t36?,38-/m0/s1. The number of likely N-dealkylation sites (N-methyl/N-ethyl adjacent to an activating group) is 1. The number of benzene rings is 5. The Kier molecular flexibility index (Phi) is 12.5. The molecule has 0 heterocycles. The van der Waals surface area contributed by atoms with Gasteiger partial charge in [-0.2, -0.15) is 13.2 Å². The molecule has 0 spiro atoms. The lowest BCUT2D eigenvalue weighted by molar-refractivity contribution is -0.145. The molecule has 0 bridgehead atoms. The number of halogens is 4. The molecule has 5 rings (SSSR count). The minimum Gasteiger partial charge on any atom is -0.457 e. The van der Waals surface area contributed by atoms with Gasteiger partial charge in [0, 0.05) is 12.4 Å². The van der Waals surface area contributed by atoms with E-state index in [1.165, 1.54) is 36.4 Å². The summed E-state index contributed by atoms with van der Waals surface area (Å²) in [5.41, 5.74) is 6.18. The van der Waals surface area contributed by atoms with Gasteiger partial charge in [0.1, 0.15) is 23.3 Å². The van der Waals surface area contributed by atoms with Gasteiger partial charge < -0.3 is 15.2 Å². The molecule has 0 aliphatic heterocycles. The van der Waals surface area contributed by atoms with E-state index in [9.17, 15) is 26.4 Å². The topological polar surface area (TPSA) is 102 Å².